The molecule has 4 aromatic rings. The number of hydrogen-bond donors (Lipinski definition) is 5. The maximum absolute atomic E-state index is 14.1. The molecule has 0 radical (unpaired) electrons. The molecule has 14 nitrogen and oxygen atoms in total. The van der Waals surface area contributed by atoms with Crippen molar-refractivity contribution in [2.24, 2.45) is 4.99 Å². The van der Waals surface area contributed by atoms with Crippen LogP contribution in [0.1, 0.15) is 53.9 Å². The van der Waals surface area contributed by atoms with Crippen LogP contribution in [0.5, 0.6) is 5.75 Å². The first kappa shape index (κ1) is 39.6. The number of carbonyl (C=O) groups is 4. The zero-order valence-corrected chi connectivity index (χ0v) is 32.8. The Kier molecular flexibility index (Phi) is 10.0. The van der Waals surface area contributed by atoms with Gasteiger partial charge in [0.2, 0.25) is 0 Å². The molecule has 0 fully saturated rings. The first-order valence-corrected chi connectivity index (χ1v) is 18.9. The molecule has 14 heteroatoms. The van der Waals surface area contributed by atoms with Gasteiger partial charge in [-0.15, -0.1) is 0 Å². The molecule has 2 heterocycles. The molecule has 8 rings (SSSR count). The fourth-order valence-electron chi connectivity index (χ4n) is 7.58. The predicted molar refractivity (Wildman–Crippen MR) is 227 cm³/mol. The van der Waals surface area contributed by atoms with Crippen molar-refractivity contribution in [3.05, 3.63) is 147 Å². The molecule has 4 aliphatic rings. The number of carboxylic acids is 3. The Morgan fingerprint density at radius 1 is 0.656 bits per heavy atom. The molecular formula is C47H35N3O11. The zero-order valence-electron chi connectivity index (χ0n) is 32.8. The molecule has 1 amide bonds. The van der Waals surface area contributed by atoms with Gasteiger partial charge in [0.05, 0.1) is 34.2 Å². The number of carboxylic acid groups (broad SMARTS) is 3. The molecule has 61 heavy (non-hydrogen) atoms. The molecule has 4 aromatic carbocycles. The lowest BCUT2D eigenvalue weighted by atomic mass is 9.88. The zero-order chi connectivity index (χ0) is 43.3. The van der Waals surface area contributed by atoms with Gasteiger partial charge in [-0.25, -0.2) is 14.4 Å². The second kappa shape index (κ2) is 15.5. The Hall–Kier alpha value is -8.26. The number of benzene rings is 6. The van der Waals surface area contributed by atoms with Crippen LogP contribution in [-0.2, 0) is 6.54 Å². The first-order chi connectivity index (χ1) is 29.2. The van der Waals surface area contributed by atoms with E-state index in [1.165, 1.54) is 60.7 Å². The van der Waals surface area contributed by atoms with Gasteiger partial charge in [0.25, 0.3) is 5.91 Å². The highest BCUT2D eigenvalue weighted by Crippen LogP contribution is 2.44. The monoisotopic (exact) mass is 817 g/mol. The normalized spacial score (nSPS) is 11.7. The maximum atomic E-state index is 14.1. The van der Waals surface area contributed by atoms with Gasteiger partial charge in [-0.05, 0) is 96.9 Å². The van der Waals surface area contributed by atoms with E-state index in [9.17, 15) is 44.4 Å². The predicted octanol–water partition coefficient (Wildman–Crippen LogP) is 7.80. The molecule has 0 atom stereocenters. The Morgan fingerprint density at radius 2 is 1.33 bits per heavy atom. The van der Waals surface area contributed by atoms with Crippen molar-refractivity contribution in [2.45, 2.75) is 13.5 Å². The lowest BCUT2D eigenvalue weighted by Gasteiger charge is -2.20. The molecule has 0 spiro atoms. The minimum atomic E-state index is -1.40. The van der Waals surface area contributed by atoms with E-state index in [2.05, 4.69) is 10.3 Å². The lowest BCUT2D eigenvalue weighted by molar-refractivity contribution is 0.0682. The van der Waals surface area contributed by atoms with E-state index in [-0.39, 0.29) is 73.7 Å². The van der Waals surface area contributed by atoms with Crippen molar-refractivity contribution in [1.82, 2.24) is 5.32 Å². The van der Waals surface area contributed by atoms with E-state index in [1.54, 1.807) is 18.2 Å². The molecule has 0 saturated carbocycles. The molecule has 2 aliphatic carbocycles. The second-order valence-corrected chi connectivity index (χ2v) is 14.4. The van der Waals surface area contributed by atoms with Gasteiger partial charge in [0.15, 0.2) is 5.43 Å². The van der Waals surface area contributed by atoms with Crippen molar-refractivity contribution in [3.63, 3.8) is 0 Å². The summed E-state index contributed by atoms with van der Waals surface area (Å²) in [6.07, 6.45) is 0. The second-order valence-electron chi connectivity index (χ2n) is 14.4. The minimum Gasteiger partial charge on any atom is -0.508 e. The summed E-state index contributed by atoms with van der Waals surface area (Å²) >= 11 is 0. The molecule has 304 valence electrons. The van der Waals surface area contributed by atoms with Gasteiger partial charge in [-0.1, -0.05) is 6.07 Å². The summed E-state index contributed by atoms with van der Waals surface area (Å²) in [5.41, 5.74) is 2.33. The number of rotatable bonds is 10. The van der Waals surface area contributed by atoms with Gasteiger partial charge in [-0.2, -0.15) is 0 Å². The fourth-order valence-corrected chi connectivity index (χ4v) is 7.58. The smallest absolute Gasteiger partial charge is 0.336 e. The van der Waals surface area contributed by atoms with Crippen LogP contribution < -0.4 is 21.0 Å². The molecule has 0 unspecified atom stereocenters. The molecule has 0 bridgehead atoms. The molecule has 0 saturated heterocycles. The van der Waals surface area contributed by atoms with Crippen molar-refractivity contribution >= 4 is 51.4 Å². The van der Waals surface area contributed by atoms with Gasteiger partial charge in [0.1, 0.15) is 28.4 Å². The number of phenolic OH excluding ortho intramolecular Hbond substituents is 1. The largest absolute Gasteiger partial charge is 0.508 e. The Labute approximate surface area is 345 Å². The van der Waals surface area contributed by atoms with Crippen molar-refractivity contribution in [3.8, 4) is 50.7 Å². The number of hydrogen-bond acceptors (Lipinski definition) is 10. The van der Waals surface area contributed by atoms with Crippen LogP contribution in [-0.4, -0.2) is 64.9 Å². The van der Waals surface area contributed by atoms with Crippen molar-refractivity contribution in [2.75, 3.05) is 25.5 Å². The number of nitrogens with one attached hydrogen (secondary N) is 1. The highest BCUT2D eigenvalue weighted by atomic mass is 16.4. The van der Waals surface area contributed by atoms with E-state index >= 15 is 0 Å². The van der Waals surface area contributed by atoms with E-state index < -0.39 is 29.2 Å². The highest BCUT2D eigenvalue weighted by Gasteiger charge is 2.27. The number of nitrogens with zero attached hydrogens (tertiary/aromatic N) is 2. The van der Waals surface area contributed by atoms with Crippen LogP contribution in [0.4, 0.5) is 5.69 Å². The minimum absolute atomic E-state index is 0.00888. The van der Waals surface area contributed by atoms with E-state index in [4.69, 9.17) is 8.83 Å². The molecule has 0 aromatic heterocycles. The molecular weight excluding hydrogens is 783 g/mol. The van der Waals surface area contributed by atoms with Crippen LogP contribution in [0.3, 0.4) is 0 Å². The average Bonchev–Trinajstić information content (AvgIpc) is 3.23. The summed E-state index contributed by atoms with van der Waals surface area (Å²) < 4.78 is 12.6. The Morgan fingerprint density at radius 3 is 2.03 bits per heavy atom. The summed E-state index contributed by atoms with van der Waals surface area (Å²) in [5, 5.41) is 45.0. The number of amides is 1. The summed E-state index contributed by atoms with van der Waals surface area (Å²) in [5.74, 6) is -4.35. The standard InChI is InChI=1S/C47H35N3O11/c1-4-48-25-7-12-30-38(19-25)60-39-20-26(50(2)3)8-13-31(39)42(30)34-17-23(5-11-29(34)46(56)57)44(53)49-22-36-37(52)16-15-33-41(32-14-9-27(51)21-40(32)61-43(33)36)28-10-6-24(45(54)55)18-35(28)47(58)59/h5-21,51H,4,22H2,1-3H3,(H,49,53)(H,54,55)(H,56,57)(H,58,59)/b48-25-. The highest BCUT2D eigenvalue weighted by molar-refractivity contribution is 6.11. The third kappa shape index (κ3) is 7.16. The fraction of sp³-hybridized carbons (Fsp3) is 0.106. The topological polar surface area (TPSA) is 220 Å². The SMILES string of the molecule is CC/N=c1/ccc2c(-c3cc(C(=O)NCc4c5oc6cc(O)ccc6c(-c6ccc(C(=O)O)cc6C(=O)O)c-5ccc4=O)ccc3C(=O)O)c3ccc(N(C)C)cc3oc-2c1. The third-order valence-electron chi connectivity index (χ3n) is 10.5. The number of phenols is 1. The number of aromatic hydroxyl groups is 1. The van der Waals surface area contributed by atoms with Crippen LogP contribution >= 0.6 is 0 Å². The van der Waals surface area contributed by atoms with Crippen molar-refractivity contribution in [1.29, 1.82) is 0 Å². The molecule has 2 aliphatic heterocycles. The van der Waals surface area contributed by atoms with Gasteiger partial charge < -0.3 is 39.5 Å². The van der Waals surface area contributed by atoms with Gasteiger partial charge in [0, 0.05) is 83.1 Å². The Balaban J connectivity index is 1.24. The quantitative estimate of drug-likeness (QED) is 0.0835. The summed E-state index contributed by atoms with van der Waals surface area (Å²) in [7, 11) is 3.77. The van der Waals surface area contributed by atoms with Crippen LogP contribution in [0.25, 0.3) is 66.8 Å². The molecule has 5 N–H and O–H groups in total. The summed E-state index contributed by atoms with van der Waals surface area (Å²) in [6.45, 7) is 2.06. The number of aromatic carboxylic acids is 3. The van der Waals surface area contributed by atoms with Crippen LogP contribution in [0.2, 0.25) is 0 Å². The summed E-state index contributed by atoms with van der Waals surface area (Å²) in [6, 6.07) is 25.7. The van der Waals surface area contributed by atoms with Crippen molar-refractivity contribution < 1.29 is 48.4 Å². The maximum Gasteiger partial charge on any atom is 0.336 e. The number of fused-ring (bicyclic) bond motifs is 4. The van der Waals surface area contributed by atoms with E-state index in [0.717, 1.165) is 11.8 Å². The van der Waals surface area contributed by atoms with E-state index in [1.807, 2.05) is 44.1 Å². The number of anilines is 1. The van der Waals surface area contributed by atoms with Crippen LogP contribution in [0.15, 0.2) is 122 Å². The Bertz CT molecular complexity index is 3220. The number of carbonyl (C=O) groups excluding carboxylic acids is 1. The summed E-state index contributed by atoms with van der Waals surface area (Å²) in [4.78, 5) is 71.1. The third-order valence-corrected chi connectivity index (χ3v) is 10.5. The average molecular weight is 818 g/mol. The van der Waals surface area contributed by atoms with Gasteiger partial charge in [-0.3, -0.25) is 14.6 Å². The van der Waals surface area contributed by atoms with Gasteiger partial charge >= 0.3 is 17.9 Å². The van der Waals surface area contributed by atoms with E-state index in [0.29, 0.717) is 45.1 Å². The lowest BCUT2D eigenvalue weighted by Crippen LogP contribution is -2.26. The van der Waals surface area contributed by atoms with Crippen LogP contribution in [0, 0.1) is 0 Å². The first-order valence-electron chi connectivity index (χ1n) is 18.9.